The standard InChI is InChI=1S/C38H54N9O13PS/c1-62-20-17-28(36(54)46-31(23-33(50)51)35(53)41-18-7-2-3-8-19-42-47-40)43-37(55)30(22-25-11-13-26(14-12-25)60-61(57,58)59)45-38(56)29(21-24-9-5-4-6-10-24)44-34(52)27(39)15-16-32(48)49/h4-6,9-14,27-31H,2-3,7-8,15-23,39H2,1H3,(H,41,53)(H,43,55)(H,44,52)(H,45,56)(H,46,54)(H,48,49)(H,50,51)(H2,57,58,59)/t27-,28-,29-,30-,31-/m0/s1. The maximum absolute atomic E-state index is 14.2. The quantitative estimate of drug-likeness (QED) is 0.0174. The zero-order chi connectivity index (χ0) is 46.1. The summed E-state index contributed by atoms with van der Waals surface area (Å²) in [6.45, 7) is 0.508. The molecule has 5 atom stereocenters. The zero-order valence-electron chi connectivity index (χ0n) is 34.0. The fourth-order valence-corrected chi connectivity index (χ4v) is 6.63. The fourth-order valence-electron chi connectivity index (χ4n) is 5.76. The van der Waals surface area contributed by atoms with Crippen molar-refractivity contribution in [1.29, 1.82) is 0 Å². The molecule has 11 N–H and O–H groups in total. The summed E-state index contributed by atoms with van der Waals surface area (Å²) in [6.07, 6.45) is 2.55. The first-order valence-corrected chi connectivity index (χ1v) is 22.4. The third-order valence-corrected chi connectivity index (χ3v) is 10.0. The van der Waals surface area contributed by atoms with E-state index in [9.17, 15) is 53.0 Å². The molecule has 0 aliphatic heterocycles. The van der Waals surface area contributed by atoms with E-state index < -0.39 is 92.3 Å². The van der Waals surface area contributed by atoms with Crippen molar-refractivity contribution in [2.24, 2.45) is 10.8 Å². The van der Waals surface area contributed by atoms with Crippen molar-refractivity contribution in [2.45, 2.75) is 94.4 Å². The number of nitrogens with zero attached hydrogens (tertiary/aromatic N) is 3. The van der Waals surface area contributed by atoms with Gasteiger partial charge in [-0.2, -0.15) is 11.8 Å². The monoisotopic (exact) mass is 907 g/mol. The first-order chi connectivity index (χ1) is 29.4. The molecule has 0 aromatic heterocycles. The SMILES string of the molecule is CSCC[C@H](NC(=O)[C@H](Cc1ccc(OP(=O)(O)O)cc1)NC(=O)[C@H](Cc1ccccc1)NC(=O)[C@@H](N)CCC(=O)O)C(=O)N[C@@H](CC(=O)O)C(=O)NCCCCCCN=[N+]=[N-]. The van der Waals surface area contributed by atoms with Crippen LogP contribution < -0.4 is 36.8 Å². The summed E-state index contributed by atoms with van der Waals surface area (Å²) in [7, 11) is -4.91. The van der Waals surface area contributed by atoms with Gasteiger partial charge in [0, 0.05) is 37.3 Å². The Morgan fingerprint density at radius 1 is 0.742 bits per heavy atom. The van der Waals surface area contributed by atoms with Crippen molar-refractivity contribution >= 4 is 61.1 Å². The number of azide groups is 1. The van der Waals surface area contributed by atoms with Crippen LogP contribution in [-0.4, -0.2) is 117 Å². The van der Waals surface area contributed by atoms with Crippen molar-refractivity contribution in [1.82, 2.24) is 26.6 Å². The minimum atomic E-state index is -4.91. The van der Waals surface area contributed by atoms with E-state index in [2.05, 4.69) is 41.1 Å². The number of nitrogens with two attached hydrogens (primary N) is 1. The summed E-state index contributed by atoms with van der Waals surface area (Å²) >= 11 is 1.33. The van der Waals surface area contributed by atoms with E-state index in [0.29, 0.717) is 42.7 Å². The molecule has 0 saturated heterocycles. The maximum atomic E-state index is 14.2. The summed E-state index contributed by atoms with van der Waals surface area (Å²) in [5, 5.41) is 34.8. The Labute approximate surface area is 361 Å². The summed E-state index contributed by atoms with van der Waals surface area (Å²) in [5.41, 5.74) is 15.3. The second kappa shape index (κ2) is 28.0. The van der Waals surface area contributed by atoms with Crippen LogP contribution in [0.4, 0.5) is 0 Å². The van der Waals surface area contributed by atoms with E-state index in [1.54, 1.807) is 36.6 Å². The van der Waals surface area contributed by atoms with Crippen molar-refractivity contribution in [3.05, 3.63) is 76.2 Å². The second-order valence-corrected chi connectivity index (χ2v) is 16.1. The highest BCUT2D eigenvalue weighted by molar-refractivity contribution is 7.98. The first-order valence-electron chi connectivity index (χ1n) is 19.5. The lowest BCUT2D eigenvalue weighted by molar-refractivity contribution is -0.141. The molecule has 0 heterocycles. The van der Waals surface area contributed by atoms with Crippen molar-refractivity contribution in [3.8, 4) is 5.75 Å². The molecule has 0 saturated carbocycles. The van der Waals surface area contributed by atoms with E-state index in [-0.39, 0.29) is 38.0 Å². The third-order valence-electron chi connectivity index (χ3n) is 8.94. The number of phosphoric ester groups is 1. The van der Waals surface area contributed by atoms with Crippen LogP contribution in [0.1, 0.15) is 62.5 Å². The van der Waals surface area contributed by atoms with Gasteiger partial charge in [-0.3, -0.25) is 43.3 Å². The van der Waals surface area contributed by atoms with Crippen LogP contribution in [0.3, 0.4) is 0 Å². The molecule has 0 radical (unpaired) electrons. The average Bonchev–Trinajstić information content (AvgIpc) is 3.21. The number of nitrogens with one attached hydrogen (secondary N) is 5. The molecule has 0 unspecified atom stereocenters. The van der Waals surface area contributed by atoms with Gasteiger partial charge < -0.3 is 47.1 Å². The number of hydrogen-bond donors (Lipinski definition) is 10. The summed E-state index contributed by atoms with van der Waals surface area (Å²) in [6, 6.07) is 6.69. The fraction of sp³-hybridized carbons (Fsp3) is 0.500. The summed E-state index contributed by atoms with van der Waals surface area (Å²) < 4.78 is 16.0. The van der Waals surface area contributed by atoms with Crippen LogP contribution in [0.2, 0.25) is 0 Å². The van der Waals surface area contributed by atoms with Crippen LogP contribution in [0.5, 0.6) is 5.75 Å². The molecular formula is C38H54N9O13PS. The van der Waals surface area contributed by atoms with Gasteiger partial charge in [0.25, 0.3) is 0 Å². The molecule has 5 amide bonds. The number of carbonyl (C=O) groups is 7. The van der Waals surface area contributed by atoms with Crippen molar-refractivity contribution in [3.63, 3.8) is 0 Å². The van der Waals surface area contributed by atoms with Crippen LogP contribution in [0.15, 0.2) is 59.7 Å². The summed E-state index contributed by atoms with van der Waals surface area (Å²) in [4.78, 5) is 112. The van der Waals surface area contributed by atoms with E-state index >= 15 is 0 Å². The molecule has 0 spiro atoms. The van der Waals surface area contributed by atoms with Gasteiger partial charge in [-0.25, -0.2) is 4.57 Å². The number of thioether (sulfide) groups is 1. The van der Waals surface area contributed by atoms with Crippen LogP contribution in [-0.2, 0) is 51.0 Å². The van der Waals surface area contributed by atoms with Gasteiger partial charge in [-0.05, 0) is 66.5 Å². The van der Waals surface area contributed by atoms with Crippen LogP contribution >= 0.6 is 19.6 Å². The Morgan fingerprint density at radius 2 is 1.29 bits per heavy atom. The normalized spacial score (nSPS) is 13.4. The van der Waals surface area contributed by atoms with E-state index in [1.165, 1.54) is 36.0 Å². The first kappa shape index (κ1) is 52.4. The number of phosphoric acid groups is 1. The number of hydrogen-bond acceptors (Lipinski definition) is 12. The highest BCUT2D eigenvalue weighted by Gasteiger charge is 2.33. The average molecular weight is 908 g/mol. The topological polar surface area (TPSA) is 362 Å². The smallest absolute Gasteiger partial charge is 0.481 e. The molecule has 24 heteroatoms. The molecule has 0 aliphatic rings. The molecule has 2 aromatic carbocycles. The molecule has 0 aliphatic carbocycles. The number of carboxylic acids is 2. The highest BCUT2D eigenvalue weighted by atomic mass is 32.2. The lowest BCUT2D eigenvalue weighted by atomic mass is 10.0. The highest BCUT2D eigenvalue weighted by Crippen LogP contribution is 2.37. The van der Waals surface area contributed by atoms with Gasteiger partial charge >= 0.3 is 19.8 Å². The molecular weight excluding hydrogens is 854 g/mol. The van der Waals surface area contributed by atoms with Gasteiger partial charge in [-0.1, -0.05) is 60.4 Å². The number of aliphatic carboxylic acids is 2. The molecule has 2 aromatic rings. The minimum Gasteiger partial charge on any atom is -0.481 e. The molecule has 2 rings (SSSR count). The van der Waals surface area contributed by atoms with Crippen LogP contribution in [0, 0.1) is 0 Å². The summed E-state index contributed by atoms with van der Waals surface area (Å²) in [5.74, 6) is -6.71. The zero-order valence-corrected chi connectivity index (χ0v) is 35.7. The molecule has 0 bridgehead atoms. The number of rotatable bonds is 30. The Morgan fingerprint density at radius 3 is 1.85 bits per heavy atom. The van der Waals surface area contributed by atoms with Gasteiger partial charge in [0.2, 0.25) is 29.5 Å². The van der Waals surface area contributed by atoms with E-state index in [0.717, 1.165) is 6.42 Å². The molecule has 22 nitrogen and oxygen atoms in total. The van der Waals surface area contributed by atoms with Gasteiger partial charge in [0.15, 0.2) is 0 Å². The Balaban J connectivity index is 2.40. The number of amides is 5. The largest absolute Gasteiger partial charge is 0.524 e. The number of carboxylic acid groups (broad SMARTS) is 2. The molecule has 340 valence electrons. The van der Waals surface area contributed by atoms with Gasteiger partial charge in [0.1, 0.15) is 29.9 Å². The van der Waals surface area contributed by atoms with E-state index in [4.69, 9.17) is 16.4 Å². The second-order valence-electron chi connectivity index (χ2n) is 13.9. The van der Waals surface area contributed by atoms with Gasteiger partial charge in [0.05, 0.1) is 12.5 Å². The Kier molecular flexibility index (Phi) is 23.7. The predicted octanol–water partition coefficient (Wildman–Crippen LogP) is 1.29. The molecule has 0 fully saturated rings. The van der Waals surface area contributed by atoms with Crippen molar-refractivity contribution < 1.29 is 62.7 Å². The Hall–Kier alpha value is -5.70. The maximum Gasteiger partial charge on any atom is 0.524 e. The number of carbonyl (C=O) groups excluding carboxylic acids is 5. The lowest BCUT2D eigenvalue weighted by Crippen LogP contribution is -2.59. The Bertz CT molecular complexity index is 1900. The third kappa shape index (κ3) is 21.7. The predicted molar refractivity (Wildman–Crippen MR) is 226 cm³/mol. The van der Waals surface area contributed by atoms with Crippen LogP contribution in [0.25, 0.3) is 10.4 Å². The van der Waals surface area contributed by atoms with Gasteiger partial charge in [-0.15, -0.1) is 0 Å². The minimum absolute atomic E-state index is 0.00595. The lowest BCUT2D eigenvalue weighted by Gasteiger charge is -2.27. The number of unbranched alkanes of at least 4 members (excludes halogenated alkanes) is 3. The molecule has 62 heavy (non-hydrogen) atoms. The number of benzene rings is 2. The van der Waals surface area contributed by atoms with Crippen molar-refractivity contribution in [2.75, 3.05) is 25.1 Å². The van der Waals surface area contributed by atoms with E-state index in [1.807, 2.05) is 0 Å².